The predicted octanol–water partition coefficient (Wildman–Crippen LogP) is 2.95. The van der Waals surface area contributed by atoms with E-state index in [1.165, 1.54) is 0 Å². The molecule has 4 rings (SSSR count). The summed E-state index contributed by atoms with van der Waals surface area (Å²) in [6, 6.07) is 7.72. The third-order valence-corrected chi connectivity index (χ3v) is 4.88. The van der Waals surface area contributed by atoms with E-state index in [1.807, 2.05) is 24.3 Å². The molecule has 1 aromatic carbocycles. The molecular weight excluding hydrogens is 375 g/mol. The van der Waals surface area contributed by atoms with E-state index in [2.05, 4.69) is 34.2 Å². The summed E-state index contributed by atoms with van der Waals surface area (Å²) in [5, 5.41) is 7.70. The standard InChI is InChI=1S/C20H25FN6O2/c1-12(2)15-10-24-27-18(15)25-20(29-17-6-7-28-11-16(17)21)26-19(27)23-9-13-4-3-5-14(22)8-13/h3-5,8,10,12,16-17H,6-7,9,11,22H2,1-2H3,(H,23,25,26). The first-order valence-corrected chi connectivity index (χ1v) is 9.73. The lowest BCUT2D eigenvalue weighted by Gasteiger charge is -2.25. The Kier molecular flexibility index (Phi) is 5.48. The highest BCUT2D eigenvalue weighted by Gasteiger charge is 2.28. The zero-order valence-electron chi connectivity index (χ0n) is 16.5. The zero-order valence-corrected chi connectivity index (χ0v) is 16.5. The van der Waals surface area contributed by atoms with Crippen molar-refractivity contribution in [1.82, 2.24) is 19.6 Å². The lowest BCUT2D eigenvalue weighted by Crippen LogP contribution is -2.38. The number of nitrogens with one attached hydrogen (secondary N) is 1. The third-order valence-electron chi connectivity index (χ3n) is 4.88. The molecule has 0 aliphatic carbocycles. The van der Waals surface area contributed by atoms with Gasteiger partial charge in [-0.1, -0.05) is 26.0 Å². The number of fused-ring (bicyclic) bond motifs is 1. The van der Waals surface area contributed by atoms with E-state index in [0.717, 1.165) is 11.1 Å². The largest absolute Gasteiger partial charge is 0.457 e. The predicted molar refractivity (Wildman–Crippen MR) is 108 cm³/mol. The Morgan fingerprint density at radius 1 is 1.38 bits per heavy atom. The van der Waals surface area contributed by atoms with E-state index in [-0.39, 0.29) is 18.5 Å². The molecule has 0 bridgehead atoms. The van der Waals surface area contributed by atoms with Crippen LogP contribution in [0.25, 0.3) is 5.65 Å². The first-order valence-electron chi connectivity index (χ1n) is 9.73. The second-order valence-corrected chi connectivity index (χ2v) is 7.45. The minimum Gasteiger partial charge on any atom is -0.457 e. The quantitative estimate of drug-likeness (QED) is 0.614. The Morgan fingerprint density at radius 2 is 2.24 bits per heavy atom. The fourth-order valence-corrected chi connectivity index (χ4v) is 3.29. The smallest absolute Gasteiger partial charge is 0.322 e. The molecule has 0 spiro atoms. The maximum Gasteiger partial charge on any atom is 0.322 e. The number of halogens is 1. The fourth-order valence-electron chi connectivity index (χ4n) is 3.29. The summed E-state index contributed by atoms with van der Waals surface area (Å²) >= 11 is 0. The Morgan fingerprint density at radius 3 is 3.00 bits per heavy atom. The maximum absolute atomic E-state index is 14.2. The Hall–Kier alpha value is -2.94. The average molecular weight is 400 g/mol. The van der Waals surface area contributed by atoms with Crippen molar-refractivity contribution in [2.24, 2.45) is 0 Å². The van der Waals surface area contributed by atoms with Crippen LogP contribution in [-0.2, 0) is 11.3 Å². The van der Waals surface area contributed by atoms with Crippen molar-refractivity contribution in [1.29, 1.82) is 0 Å². The number of hydrogen-bond donors (Lipinski definition) is 2. The number of nitrogens with zero attached hydrogens (tertiary/aromatic N) is 4. The fraction of sp³-hybridized carbons (Fsp3) is 0.450. The second-order valence-electron chi connectivity index (χ2n) is 7.45. The van der Waals surface area contributed by atoms with Crippen molar-refractivity contribution >= 4 is 17.3 Å². The summed E-state index contributed by atoms with van der Waals surface area (Å²) in [7, 11) is 0. The summed E-state index contributed by atoms with van der Waals surface area (Å²) in [5.41, 5.74) is 9.16. The topological polar surface area (TPSA) is 99.6 Å². The molecule has 9 heteroatoms. The van der Waals surface area contributed by atoms with Gasteiger partial charge in [-0.15, -0.1) is 0 Å². The Balaban J connectivity index is 1.65. The van der Waals surface area contributed by atoms with Gasteiger partial charge < -0.3 is 20.5 Å². The molecule has 2 atom stereocenters. The molecule has 3 aromatic rings. The van der Waals surface area contributed by atoms with Crippen LogP contribution >= 0.6 is 0 Å². The van der Waals surface area contributed by atoms with Crippen molar-refractivity contribution in [2.45, 2.75) is 45.0 Å². The molecule has 1 aliphatic rings. The number of benzene rings is 1. The number of hydrogen-bond acceptors (Lipinski definition) is 7. The molecule has 1 aliphatic heterocycles. The highest BCUT2D eigenvalue weighted by atomic mass is 19.1. The number of aromatic nitrogens is 4. The molecule has 0 amide bonds. The van der Waals surface area contributed by atoms with Crippen LogP contribution in [0.1, 0.15) is 37.3 Å². The monoisotopic (exact) mass is 400 g/mol. The van der Waals surface area contributed by atoms with Crippen LogP contribution in [0.2, 0.25) is 0 Å². The van der Waals surface area contributed by atoms with Gasteiger partial charge in [0.05, 0.1) is 19.4 Å². The highest BCUT2D eigenvalue weighted by Crippen LogP contribution is 2.25. The van der Waals surface area contributed by atoms with Crippen LogP contribution in [0.5, 0.6) is 6.01 Å². The molecule has 0 saturated carbocycles. The van der Waals surface area contributed by atoms with Gasteiger partial charge in [-0.05, 0) is 23.6 Å². The van der Waals surface area contributed by atoms with Gasteiger partial charge >= 0.3 is 6.01 Å². The number of ether oxygens (including phenoxy) is 2. The van der Waals surface area contributed by atoms with Gasteiger partial charge in [-0.3, -0.25) is 0 Å². The molecule has 1 saturated heterocycles. The molecule has 2 aromatic heterocycles. The van der Waals surface area contributed by atoms with Crippen molar-refractivity contribution in [3.8, 4) is 6.01 Å². The number of nitrogens with two attached hydrogens (primary N) is 1. The van der Waals surface area contributed by atoms with Crippen LogP contribution in [0, 0.1) is 0 Å². The van der Waals surface area contributed by atoms with Gasteiger partial charge in [-0.2, -0.15) is 19.6 Å². The van der Waals surface area contributed by atoms with Crippen LogP contribution in [-0.4, -0.2) is 45.1 Å². The molecule has 8 nitrogen and oxygen atoms in total. The summed E-state index contributed by atoms with van der Waals surface area (Å²) in [5.74, 6) is 0.691. The van der Waals surface area contributed by atoms with Crippen LogP contribution in [0.15, 0.2) is 30.5 Å². The van der Waals surface area contributed by atoms with Crippen molar-refractivity contribution in [2.75, 3.05) is 24.3 Å². The van der Waals surface area contributed by atoms with Gasteiger partial charge in [0.1, 0.15) is 6.10 Å². The third kappa shape index (κ3) is 4.24. The van der Waals surface area contributed by atoms with Gasteiger partial charge in [0.2, 0.25) is 5.95 Å². The normalized spacial score (nSPS) is 19.6. The zero-order chi connectivity index (χ0) is 20.4. The summed E-state index contributed by atoms with van der Waals surface area (Å²) in [4.78, 5) is 8.97. The first kappa shape index (κ1) is 19.4. The summed E-state index contributed by atoms with van der Waals surface area (Å²) < 4.78 is 26.8. The van der Waals surface area contributed by atoms with E-state index in [1.54, 1.807) is 10.7 Å². The van der Waals surface area contributed by atoms with Crippen LogP contribution < -0.4 is 15.8 Å². The van der Waals surface area contributed by atoms with E-state index in [9.17, 15) is 4.39 Å². The van der Waals surface area contributed by atoms with E-state index in [4.69, 9.17) is 15.2 Å². The molecular formula is C20H25FN6O2. The average Bonchev–Trinajstić information content (AvgIpc) is 3.12. The van der Waals surface area contributed by atoms with Gasteiger partial charge in [0.15, 0.2) is 11.8 Å². The lowest BCUT2D eigenvalue weighted by atomic mass is 10.1. The van der Waals surface area contributed by atoms with Crippen LogP contribution in [0.3, 0.4) is 0 Å². The van der Waals surface area contributed by atoms with Gasteiger partial charge in [0, 0.05) is 24.2 Å². The molecule has 2 unspecified atom stereocenters. The minimum atomic E-state index is -1.21. The number of anilines is 2. The van der Waals surface area contributed by atoms with Crippen molar-refractivity contribution in [3.05, 3.63) is 41.6 Å². The molecule has 154 valence electrons. The van der Waals surface area contributed by atoms with E-state index in [0.29, 0.717) is 36.9 Å². The highest BCUT2D eigenvalue weighted by molar-refractivity contribution is 5.53. The van der Waals surface area contributed by atoms with E-state index >= 15 is 0 Å². The molecule has 3 N–H and O–H groups in total. The number of rotatable bonds is 6. The summed E-state index contributed by atoms with van der Waals surface area (Å²) in [6.45, 7) is 5.11. The molecule has 29 heavy (non-hydrogen) atoms. The SMILES string of the molecule is CC(C)c1cnn2c(NCc3cccc(N)c3)nc(OC3CCOCC3F)nc12. The molecule has 0 radical (unpaired) electrons. The maximum atomic E-state index is 14.2. The van der Waals surface area contributed by atoms with E-state index < -0.39 is 12.3 Å². The van der Waals surface area contributed by atoms with Crippen LogP contribution in [0.4, 0.5) is 16.0 Å². The molecule has 1 fully saturated rings. The van der Waals surface area contributed by atoms with Crippen molar-refractivity contribution < 1.29 is 13.9 Å². The first-order chi connectivity index (χ1) is 14.0. The number of alkyl halides is 1. The summed E-state index contributed by atoms with van der Waals surface area (Å²) in [6.07, 6.45) is 0.398. The van der Waals surface area contributed by atoms with Gasteiger partial charge in [-0.25, -0.2) is 4.39 Å². The second kappa shape index (κ2) is 8.20. The van der Waals surface area contributed by atoms with Gasteiger partial charge in [0.25, 0.3) is 0 Å². The number of nitrogen functional groups attached to an aromatic ring is 1. The van der Waals surface area contributed by atoms with Crippen molar-refractivity contribution in [3.63, 3.8) is 0 Å². The Bertz CT molecular complexity index is 992. The minimum absolute atomic E-state index is 0.0252. The Labute approximate surface area is 168 Å². The molecule has 3 heterocycles. The lowest BCUT2D eigenvalue weighted by molar-refractivity contribution is -0.0412.